The molecule has 1 aromatic carbocycles. The Bertz CT molecular complexity index is 1060. The molecule has 0 aliphatic carbocycles. The number of allylic oxidation sites excluding steroid dienone is 2. The Balaban J connectivity index is 1.71. The molecule has 0 radical (unpaired) electrons. The van der Waals surface area contributed by atoms with E-state index in [-0.39, 0.29) is 49.9 Å². The third kappa shape index (κ3) is 7.31. The second kappa shape index (κ2) is 13.6. The highest BCUT2D eigenvalue weighted by Gasteiger charge is 2.31. The lowest BCUT2D eigenvalue weighted by atomic mass is 9.97. The van der Waals surface area contributed by atoms with E-state index in [0.717, 1.165) is 29.3 Å². The van der Waals surface area contributed by atoms with Gasteiger partial charge in [0.15, 0.2) is 0 Å². The lowest BCUT2D eigenvalue weighted by Gasteiger charge is -2.26. The fraction of sp³-hybridized carbons (Fsp3) is 0.464. The van der Waals surface area contributed by atoms with Crippen molar-refractivity contribution in [3.63, 3.8) is 0 Å². The SMILES string of the molecule is C=CCCC(=O)OC[C@H](Cc1c[nH]c2ccccc12)NC(=O)[C@H](CC=C)CC(=O)N1CCC[C@H]1CO. The zero-order valence-electron chi connectivity index (χ0n) is 20.8. The van der Waals surface area contributed by atoms with Crippen molar-refractivity contribution in [3.8, 4) is 0 Å². The Morgan fingerprint density at radius 2 is 2.06 bits per heavy atom. The molecule has 36 heavy (non-hydrogen) atoms. The lowest BCUT2D eigenvalue weighted by Crippen LogP contribution is -2.45. The van der Waals surface area contributed by atoms with Gasteiger partial charge >= 0.3 is 5.97 Å². The summed E-state index contributed by atoms with van der Waals surface area (Å²) in [6.45, 7) is 7.92. The largest absolute Gasteiger partial charge is 0.463 e. The van der Waals surface area contributed by atoms with E-state index in [4.69, 9.17) is 4.74 Å². The number of aliphatic hydroxyl groups excluding tert-OH is 1. The van der Waals surface area contributed by atoms with Gasteiger partial charge in [-0.25, -0.2) is 0 Å². The summed E-state index contributed by atoms with van der Waals surface area (Å²) in [6, 6.07) is 7.22. The Labute approximate surface area is 212 Å². The molecule has 3 atom stereocenters. The number of aromatic amines is 1. The van der Waals surface area contributed by atoms with E-state index in [1.165, 1.54) is 0 Å². The molecule has 1 aliphatic rings. The molecule has 194 valence electrons. The molecular weight excluding hydrogens is 458 g/mol. The molecular formula is C28H37N3O5. The van der Waals surface area contributed by atoms with E-state index < -0.39 is 12.0 Å². The fourth-order valence-electron chi connectivity index (χ4n) is 4.69. The highest BCUT2D eigenvalue weighted by molar-refractivity contribution is 5.87. The molecule has 2 aromatic rings. The number of likely N-dealkylation sites (tertiary alicyclic amines) is 1. The number of nitrogens with one attached hydrogen (secondary N) is 2. The third-order valence-corrected chi connectivity index (χ3v) is 6.64. The highest BCUT2D eigenvalue weighted by atomic mass is 16.5. The first-order chi connectivity index (χ1) is 17.5. The average Bonchev–Trinajstić information content (AvgIpc) is 3.53. The molecule has 2 heterocycles. The standard InChI is InChI=1S/C28H37N3O5/c1-3-5-13-27(34)36-19-22(15-21-17-29-25-12-7-6-11-24(21)25)30-28(35)20(9-4-2)16-26(33)31-14-8-10-23(31)18-32/h3-4,6-7,11-12,17,20,22-23,29,32H,1-2,5,8-10,13-16,18-19H2,(H,30,35)/t20-,22+,23+/m1/s1. The second-order valence-electron chi connectivity index (χ2n) is 9.27. The van der Waals surface area contributed by atoms with Gasteiger partial charge in [-0.1, -0.05) is 30.4 Å². The number of hydrogen-bond donors (Lipinski definition) is 3. The number of carbonyl (C=O) groups is 3. The number of aromatic nitrogens is 1. The van der Waals surface area contributed by atoms with E-state index in [2.05, 4.69) is 23.5 Å². The highest BCUT2D eigenvalue weighted by Crippen LogP contribution is 2.22. The van der Waals surface area contributed by atoms with Crippen LogP contribution in [-0.2, 0) is 25.5 Å². The van der Waals surface area contributed by atoms with Gasteiger partial charge in [0, 0.05) is 36.5 Å². The smallest absolute Gasteiger partial charge is 0.306 e. The van der Waals surface area contributed by atoms with Crippen LogP contribution in [0.3, 0.4) is 0 Å². The molecule has 3 N–H and O–H groups in total. The minimum atomic E-state index is -0.600. The molecule has 0 bridgehead atoms. The summed E-state index contributed by atoms with van der Waals surface area (Å²) in [5, 5.41) is 13.6. The maximum absolute atomic E-state index is 13.3. The summed E-state index contributed by atoms with van der Waals surface area (Å²) in [7, 11) is 0. The molecule has 3 rings (SSSR count). The van der Waals surface area contributed by atoms with Crippen LogP contribution in [-0.4, -0.2) is 64.6 Å². The molecule has 2 amide bonds. The lowest BCUT2D eigenvalue weighted by molar-refractivity contribution is -0.145. The van der Waals surface area contributed by atoms with Crippen LogP contribution in [0.25, 0.3) is 10.9 Å². The van der Waals surface area contributed by atoms with Crippen LogP contribution in [0.15, 0.2) is 55.8 Å². The molecule has 1 fully saturated rings. The summed E-state index contributed by atoms with van der Waals surface area (Å²) < 4.78 is 5.46. The summed E-state index contributed by atoms with van der Waals surface area (Å²) in [6.07, 6.45) is 8.39. The van der Waals surface area contributed by atoms with E-state index in [1.54, 1.807) is 17.1 Å². The number of esters is 1. The quantitative estimate of drug-likeness (QED) is 0.275. The summed E-state index contributed by atoms with van der Waals surface area (Å²) in [4.78, 5) is 43.3. The minimum Gasteiger partial charge on any atom is -0.463 e. The van der Waals surface area contributed by atoms with Gasteiger partial charge in [0.05, 0.1) is 24.6 Å². The second-order valence-corrected chi connectivity index (χ2v) is 9.27. The molecule has 0 spiro atoms. The van der Waals surface area contributed by atoms with Crippen LogP contribution in [0.5, 0.6) is 0 Å². The van der Waals surface area contributed by atoms with Crippen molar-refractivity contribution in [1.82, 2.24) is 15.2 Å². The number of para-hydroxylation sites is 1. The fourth-order valence-corrected chi connectivity index (χ4v) is 4.69. The zero-order chi connectivity index (χ0) is 25.9. The number of fused-ring (bicyclic) bond motifs is 1. The molecule has 8 nitrogen and oxygen atoms in total. The van der Waals surface area contributed by atoms with Crippen LogP contribution in [0.1, 0.15) is 44.1 Å². The Hall–Kier alpha value is -3.39. The predicted octanol–water partition coefficient (Wildman–Crippen LogP) is 3.27. The molecule has 0 unspecified atom stereocenters. The van der Waals surface area contributed by atoms with Crippen LogP contribution in [0, 0.1) is 5.92 Å². The number of hydrogen-bond acceptors (Lipinski definition) is 5. The van der Waals surface area contributed by atoms with E-state index >= 15 is 0 Å². The molecule has 1 aromatic heterocycles. The number of nitrogens with zero attached hydrogens (tertiary/aromatic N) is 1. The predicted molar refractivity (Wildman–Crippen MR) is 139 cm³/mol. The first-order valence-corrected chi connectivity index (χ1v) is 12.6. The maximum atomic E-state index is 13.3. The molecule has 1 aliphatic heterocycles. The molecule has 0 saturated carbocycles. The van der Waals surface area contributed by atoms with Crippen molar-refractivity contribution < 1.29 is 24.2 Å². The number of amides is 2. The van der Waals surface area contributed by atoms with Crippen molar-refractivity contribution in [2.24, 2.45) is 5.92 Å². The van der Waals surface area contributed by atoms with E-state index in [9.17, 15) is 19.5 Å². The van der Waals surface area contributed by atoms with Gasteiger partial charge in [0.1, 0.15) is 6.61 Å². The summed E-state index contributed by atoms with van der Waals surface area (Å²) >= 11 is 0. The van der Waals surface area contributed by atoms with Crippen molar-refractivity contribution in [2.45, 2.75) is 57.0 Å². The Morgan fingerprint density at radius 3 is 2.81 bits per heavy atom. The summed E-state index contributed by atoms with van der Waals surface area (Å²) in [5.41, 5.74) is 1.98. The minimum absolute atomic E-state index is 0.0225. The van der Waals surface area contributed by atoms with Gasteiger partial charge < -0.3 is 25.0 Å². The topological polar surface area (TPSA) is 112 Å². The van der Waals surface area contributed by atoms with E-state index in [0.29, 0.717) is 25.8 Å². The zero-order valence-corrected chi connectivity index (χ0v) is 20.8. The number of ether oxygens (including phenoxy) is 1. The molecule has 8 heteroatoms. The average molecular weight is 496 g/mol. The van der Waals surface area contributed by atoms with Gasteiger partial charge in [0.25, 0.3) is 0 Å². The van der Waals surface area contributed by atoms with Crippen LogP contribution in [0.4, 0.5) is 0 Å². The number of carbonyl (C=O) groups excluding carboxylic acids is 3. The summed E-state index contributed by atoms with van der Waals surface area (Å²) in [5.74, 6) is -1.38. The van der Waals surface area contributed by atoms with Crippen LogP contribution >= 0.6 is 0 Å². The van der Waals surface area contributed by atoms with Gasteiger partial charge in [-0.05, 0) is 43.7 Å². The van der Waals surface area contributed by atoms with Gasteiger partial charge in [-0.15, -0.1) is 13.2 Å². The van der Waals surface area contributed by atoms with Gasteiger partial charge in [0.2, 0.25) is 11.8 Å². The number of benzene rings is 1. The van der Waals surface area contributed by atoms with Crippen molar-refractivity contribution in [1.29, 1.82) is 0 Å². The normalized spacial score (nSPS) is 16.9. The first-order valence-electron chi connectivity index (χ1n) is 12.6. The van der Waals surface area contributed by atoms with Crippen LogP contribution < -0.4 is 5.32 Å². The van der Waals surface area contributed by atoms with E-state index in [1.807, 2.05) is 30.5 Å². The third-order valence-electron chi connectivity index (χ3n) is 6.64. The van der Waals surface area contributed by atoms with Crippen LogP contribution in [0.2, 0.25) is 0 Å². The first kappa shape index (κ1) is 27.2. The maximum Gasteiger partial charge on any atom is 0.306 e. The van der Waals surface area contributed by atoms with Gasteiger partial charge in [-0.3, -0.25) is 14.4 Å². The van der Waals surface area contributed by atoms with Crippen molar-refractivity contribution in [2.75, 3.05) is 19.8 Å². The number of aliphatic hydroxyl groups is 1. The van der Waals surface area contributed by atoms with Gasteiger partial charge in [-0.2, -0.15) is 0 Å². The van der Waals surface area contributed by atoms with Crippen molar-refractivity contribution >= 4 is 28.7 Å². The Morgan fingerprint density at radius 1 is 1.25 bits per heavy atom. The monoisotopic (exact) mass is 495 g/mol. The van der Waals surface area contributed by atoms with Crippen molar-refractivity contribution in [3.05, 3.63) is 61.3 Å². The number of H-pyrrole nitrogens is 1. The number of rotatable bonds is 14. The Kier molecular flexibility index (Phi) is 10.3. The molecule has 1 saturated heterocycles.